The molecule has 0 saturated carbocycles. The Morgan fingerprint density at radius 1 is 1.29 bits per heavy atom. The minimum atomic E-state index is 0.522. The number of hydrogen-bond acceptors (Lipinski definition) is 7. The third-order valence-electron chi connectivity index (χ3n) is 2.88. The van der Waals surface area contributed by atoms with Crippen molar-refractivity contribution in [3.8, 4) is 11.5 Å². The molecule has 0 fully saturated rings. The highest BCUT2D eigenvalue weighted by Crippen LogP contribution is 2.33. The van der Waals surface area contributed by atoms with Gasteiger partial charge in [-0.2, -0.15) is 9.36 Å². The molecule has 7 heteroatoms. The summed E-state index contributed by atoms with van der Waals surface area (Å²) in [6.07, 6.45) is 0. The van der Waals surface area contributed by atoms with Crippen LogP contribution in [0.1, 0.15) is 11.5 Å². The molecule has 2 aromatic heterocycles. The molecule has 108 valence electrons. The highest BCUT2D eigenvalue weighted by molar-refractivity contribution is 7.98. The predicted molar refractivity (Wildman–Crippen MR) is 85.7 cm³/mol. The SMILES string of the molecule is CNc1snc(C)c1-c1nc(CSc2ccccc2)no1. The van der Waals surface area contributed by atoms with Crippen molar-refractivity contribution in [2.75, 3.05) is 12.4 Å². The van der Waals surface area contributed by atoms with Crippen LogP contribution in [-0.4, -0.2) is 21.6 Å². The van der Waals surface area contributed by atoms with Crippen LogP contribution < -0.4 is 5.32 Å². The van der Waals surface area contributed by atoms with Crippen molar-refractivity contribution < 1.29 is 4.52 Å². The van der Waals surface area contributed by atoms with Crippen molar-refractivity contribution in [2.24, 2.45) is 0 Å². The van der Waals surface area contributed by atoms with E-state index in [9.17, 15) is 0 Å². The van der Waals surface area contributed by atoms with E-state index in [1.54, 1.807) is 11.8 Å². The molecule has 0 saturated heterocycles. The molecular weight excluding hydrogens is 304 g/mol. The molecule has 1 N–H and O–H groups in total. The minimum absolute atomic E-state index is 0.522. The van der Waals surface area contributed by atoms with Crippen LogP contribution in [0.3, 0.4) is 0 Å². The summed E-state index contributed by atoms with van der Waals surface area (Å²) in [6.45, 7) is 1.94. The van der Waals surface area contributed by atoms with Crippen molar-refractivity contribution in [3.63, 3.8) is 0 Å². The van der Waals surface area contributed by atoms with Crippen LogP contribution in [-0.2, 0) is 5.75 Å². The van der Waals surface area contributed by atoms with Crippen LogP contribution >= 0.6 is 23.3 Å². The quantitative estimate of drug-likeness (QED) is 0.721. The Bertz CT molecular complexity index is 724. The van der Waals surface area contributed by atoms with E-state index in [-0.39, 0.29) is 0 Å². The van der Waals surface area contributed by atoms with E-state index >= 15 is 0 Å². The van der Waals surface area contributed by atoms with Gasteiger partial charge >= 0.3 is 0 Å². The molecule has 0 unspecified atom stereocenters. The predicted octanol–water partition coefficient (Wildman–Crippen LogP) is 3.84. The average Bonchev–Trinajstić information content (AvgIpc) is 3.12. The topological polar surface area (TPSA) is 63.8 Å². The second kappa shape index (κ2) is 6.28. The lowest BCUT2D eigenvalue weighted by atomic mass is 10.2. The van der Waals surface area contributed by atoms with Gasteiger partial charge in [-0.3, -0.25) is 0 Å². The molecule has 5 nitrogen and oxygen atoms in total. The van der Waals surface area contributed by atoms with E-state index in [2.05, 4.69) is 32.0 Å². The Hall–Kier alpha value is -1.86. The van der Waals surface area contributed by atoms with E-state index < -0.39 is 0 Å². The molecular formula is C14H14N4OS2. The van der Waals surface area contributed by atoms with Crippen LogP contribution in [0.5, 0.6) is 0 Å². The van der Waals surface area contributed by atoms with Crippen LogP contribution in [0, 0.1) is 6.92 Å². The zero-order valence-corrected chi connectivity index (χ0v) is 13.3. The maximum atomic E-state index is 5.37. The summed E-state index contributed by atoms with van der Waals surface area (Å²) in [5.74, 6) is 1.89. The zero-order chi connectivity index (χ0) is 14.7. The number of hydrogen-bond donors (Lipinski definition) is 1. The normalized spacial score (nSPS) is 10.8. The van der Waals surface area contributed by atoms with Gasteiger partial charge in [-0.1, -0.05) is 23.4 Å². The minimum Gasteiger partial charge on any atom is -0.378 e. The number of nitrogens with one attached hydrogen (secondary N) is 1. The first kappa shape index (κ1) is 14.1. The van der Waals surface area contributed by atoms with Gasteiger partial charge < -0.3 is 9.84 Å². The molecule has 0 spiro atoms. The van der Waals surface area contributed by atoms with Gasteiger partial charge in [0.15, 0.2) is 5.82 Å². The van der Waals surface area contributed by atoms with Gasteiger partial charge in [0.2, 0.25) is 0 Å². The van der Waals surface area contributed by atoms with Gasteiger partial charge in [0.25, 0.3) is 5.89 Å². The Morgan fingerprint density at radius 3 is 2.86 bits per heavy atom. The molecule has 2 heterocycles. The molecule has 3 rings (SSSR count). The van der Waals surface area contributed by atoms with Crippen LogP contribution in [0.4, 0.5) is 5.00 Å². The highest BCUT2D eigenvalue weighted by atomic mass is 32.2. The van der Waals surface area contributed by atoms with E-state index in [1.807, 2.05) is 32.2 Å². The molecule has 1 aromatic carbocycles. The Morgan fingerprint density at radius 2 is 2.10 bits per heavy atom. The fraction of sp³-hybridized carbons (Fsp3) is 0.214. The lowest BCUT2D eigenvalue weighted by Gasteiger charge is -1.97. The van der Waals surface area contributed by atoms with Gasteiger partial charge in [-0.05, 0) is 30.6 Å². The Labute approximate surface area is 130 Å². The summed E-state index contributed by atoms with van der Waals surface area (Å²) >= 11 is 3.08. The summed E-state index contributed by atoms with van der Waals surface area (Å²) in [6, 6.07) is 10.2. The molecule has 3 aromatic rings. The molecule has 0 aliphatic carbocycles. The standard InChI is InChI=1S/C14H14N4OS2/c1-9-12(14(15-2)21-18-9)13-16-11(17-19-13)8-20-10-6-4-3-5-7-10/h3-7,15H,8H2,1-2H3. The number of aromatic nitrogens is 3. The third-order valence-corrected chi connectivity index (χ3v) is 4.85. The maximum absolute atomic E-state index is 5.37. The fourth-order valence-electron chi connectivity index (χ4n) is 1.87. The second-order valence-electron chi connectivity index (χ2n) is 4.34. The fourth-order valence-corrected chi connectivity index (χ4v) is 3.37. The largest absolute Gasteiger partial charge is 0.378 e. The van der Waals surface area contributed by atoms with Gasteiger partial charge in [0.1, 0.15) is 5.00 Å². The van der Waals surface area contributed by atoms with Crippen molar-refractivity contribution in [2.45, 2.75) is 17.6 Å². The third kappa shape index (κ3) is 3.08. The van der Waals surface area contributed by atoms with Gasteiger partial charge in [0, 0.05) is 11.9 Å². The summed E-state index contributed by atoms with van der Waals surface area (Å²) < 4.78 is 9.69. The van der Waals surface area contributed by atoms with Crippen LogP contribution in [0.25, 0.3) is 11.5 Å². The van der Waals surface area contributed by atoms with Crippen molar-refractivity contribution in [1.29, 1.82) is 0 Å². The first-order valence-electron chi connectivity index (χ1n) is 6.42. The number of benzene rings is 1. The molecule has 21 heavy (non-hydrogen) atoms. The van der Waals surface area contributed by atoms with Crippen molar-refractivity contribution in [1.82, 2.24) is 14.5 Å². The molecule has 0 aliphatic heterocycles. The number of thioether (sulfide) groups is 1. The molecule has 0 atom stereocenters. The maximum Gasteiger partial charge on any atom is 0.262 e. The lowest BCUT2D eigenvalue weighted by Crippen LogP contribution is -1.89. The number of anilines is 1. The van der Waals surface area contributed by atoms with E-state index in [4.69, 9.17) is 4.52 Å². The Balaban J connectivity index is 1.76. The average molecular weight is 318 g/mol. The lowest BCUT2D eigenvalue weighted by molar-refractivity contribution is 0.425. The summed E-state index contributed by atoms with van der Waals surface area (Å²) in [7, 11) is 1.86. The summed E-state index contributed by atoms with van der Waals surface area (Å²) in [5.41, 5.74) is 1.79. The second-order valence-corrected chi connectivity index (χ2v) is 6.16. The first-order chi connectivity index (χ1) is 10.3. The smallest absolute Gasteiger partial charge is 0.262 e. The number of aryl methyl sites for hydroxylation is 1. The van der Waals surface area contributed by atoms with E-state index in [0.29, 0.717) is 17.5 Å². The summed E-state index contributed by atoms with van der Waals surface area (Å²) in [4.78, 5) is 5.65. The van der Waals surface area contributed by atoms with Crippen molar-refractivity contribution in [3.05, 3.63) is 41.9 Å². The number of nitrogens with zero attached hydrogens (tertiary/aromatic N) is 3. The highest BCUT2D eigenvalue weighted by Gasteiger charge is 2.18. The van der Waals surface area contributed by atoms with Gasteiger partial charge in [0.05, 0.1) is 17.0 Å². The zero-order valence-electron chi connectivity index (χ0n) is 11.7. The van der Waals surface area contributed by atoms with E-state index in [0.717, 1.165) is 16.3 Å². The Kier molecular flexibility index (Phi) is 4.21. The van der Waals surface area contributed by atoms with Crippen molar-refractivity contribution >= 4 is 28.3 Å². The van der Waals surface area contributed by atoms with Crippen LogP contribution in [0.15, 0.2) is 39.8 Å². The molecule has 0 bridgehead atoms. The summed E-state index contributed by atoms with van der Waals surface area (Å²) in [5, 5.41) is 8.09. The number of rotatable bonds is 5. The van der Waals surface area contributed by atoms with E-state index in [1.165, 1.54) is 16.4 Å². The molecule has 0 aliphatic rings. The van der Waals surface area contributed by atoms with Crippen LogP contribution in [0.2, 0.25) is 0 Å². The molecule has 0 amide bonds. The van der Waals surface area contributed by atoms with Gasteiger partial charge in [-0.25, -0.2) is 0 Å². The van der Waals surface area contributed by atoms with Gasteiger partial charge in [-0.15, -0.1) is 11.8 Å². The molecule has 0 radical (unpaired) electrons. The first-order valence-corrected chi connectivity index (χ1v) is 8.18. The monoisotopic (exact) mass is 318 g/mol.